The second kappa shape index (κ2) is 7.01. The number of likely N-dealkylation sites (N-methyl/N-ethyl adjacent to an activating group) is 1. The summed E-state index contributed by atoms with van der Waals surface area (Å²) in [5.41, 5.74) is 8.10. The predicted molar refractivity (Wildman–Crippen MR) is 94.5 cm³/mol. The molecule has 1 aromatic carbocycles. The number of benzene rings is 1. The van der Waals surface area contributed by atoms with Crippen molar-refractivity contribution in [1.29, 1.82) is 0 Å². The van der Waals surface area contributed by atoms with E-state index in [1.165, 1.54) is 11.1 Å². The normalized spacial score (nSPS) is 17.0. The first kappa shape index (κ1) is 19.0. The number of nitrogens with zero attached hydrogens (tertiary/aromatic N) is 1. The van der Waals surface area contributed by atoms with Gasteiger partial charge in [0, 0.05) is 19.0 Å². The highest BCUT2D eigenvalue weighted by molar-refractivity contribution is 5.86. The van der Waals surface area contributed by atoms with Crippen LogP contribution in [-0.2, 0) is 10.2 Å². The van der Waals surface area contributed by atoms with Crippen LogP contribution in [0.1, 0.15) is 50.7 Å². The van der Waals surface area contributed by atoms with Crippen LogP contribution in [0.15, 0.2) is 24.3 Å². The summed E-state index contributed by atoms with van der Waals surface area (Å²) < 4.78 is 0. The molecule has 1 amide bonds. The zero-order valence-electron chi connectivity index (χ0n) is 14.2. The van der Waals surface area contributed by atoms with Crippen LogP contribution in [0, 0.1) is 6.92 Å². The monoisotopic (exact) mass is 324 g/mol. The summed E-state index contributed by atoms with van der Waals surface area (Å²) in [6, 6.07) is 8.56. The third kappa shape index (κ3) is 4.02. The lowest BCUT2D eigenvalue weighted by atomic mass is 9.83. The van der Waals surface area contributed by atoms with Gasteiger partial charge in [-0.2, -0.15) is 0 Å². The van der Waals surface area contributed by atoms with Crippen LogP contribution in [0.2, 0.25) is 0 Å². The second-order valence-electron chi connectivity index (χ2n) is 7.27. The van der Waals surface area contributed by atoms with Crippen molar-refractivity contribution in [3.8, 4) is 0 Å². The van der Waals surface area contributed by atoms with E-state index in [4.69, 9.17) is 5.73 Å². The minimum atomic E-state index is -0.627. The number of carbonyl (C=O) groups is 1. The summed E-state index contributed by atoms with van der Waals surface area (Å²) in [6.45, 7) is 7.14. The van der Waals surface area contributed by atoms with E-state index in [-0.39, 0.29) is 23.7 Å². The number of hydrogen-bond donors (Lipinski definition) is 1. The molecule has 0 heterocycles. The molecule has 1 fully saturated rings. The zero-order chi connectivity index (χ0) is 15.7. The minimum Gasteiger partial charge on any atom is -0.343 e. The maximum Gasteiger partial charge on any atom is 0.242 e. The van der Waals surface area contributed by atoms with Crippen LogP contribution in [0.25, 0.3) is 0 Å². The Morgan fingerprint density at radius 2 is 1.73 bits per heavy atom. The van der Waals surface area contributed by atoms with E-state index < -0.39 is 5.54 Å². The molecule has 0 aliphatic heterocycles. The van der Waals surface area contributed by atoms with Gasteiger partial charge in [-0.25, -0.2) is 0 Å². The fraction of sp³-hybridized carbons (Fsp3) is 0.611. The van der Waals surface area contributed by atoms with E-state index in [0.717, 1.165) is 25.7 Å². The topological polar surface area (TPSA) is 46.3 Å². The van der Waals surface area contributed by atoms with E-state index in [9.17, 15) is 4.79 Å². The van der Waals surface area contributed by atoms with Crippen molar-refractivity contribution >= 4 is 18.3 Å². The van der Waals surface area contributed by atoms with Crippen molar-refractivity contribution in [3.05, 3.63) is 35.4 Å². The van der Waals surface area contributed by atoms with Gasteiger partial charge in [-0.05, 0) is 25.3 Å². The molecule has 22 heavy (non-hydrogen) atoms. The molecule has 2 rings (SSSR count). The first-order valence-electron chi connectivity index (χ1n) is 7.86. The SMILES string of the molecule is Cc1ccc(C(C)(C)CN(C)C(=O)C2(N)CCCC2)cc1.Cl. The average molecular weight is 325 g/mol. The average Bonchev–Trinajstić information content (AvgIpc) is 2.86. The number of aryl methyl sites for hydroxylation is 1. The van der Waals surface area contributed by atoms with Gasteiger partial charge >= 0.3 is 0 Å². The smallest absolute Gasteiger partial charge is 0.242 e. The molecule has 124 valence electrons. The van der Waals surface area contributed by atoms with Gasteiger partial charge in [0.15, 0.2) is 0 Å². The molecular formula is C18H29ClN2O. The first-order valence-corrected chi connectivity index (χ1v) is 7.86. The van der Waals surface area contributed by atoms with Crippen LogP contribution < -0.4 is 5.73 Å². The molecule has 1 aliphatic rings. The van der Waals surface area contributed by atoms with Gasteiger partial charge in [0.2, 0.25) is 5.91 Å². The number of amides is 1. The van der Waals surface area contributed by atoms with Crippen LogP contribution in [0.5, 0.6) is 0 Å². The van der Waals surface area contributed by atoms with Gasteiger partial charge in [0.25, 0.3) is 0 Å². The Balaban J connectivity index is 0.00000242. The lowest BCUT2D eigenvalue weighted by Gasteiger charge is -2.35. The maximum absolute atomic E-state index is 12.6. The number of carbonyl (C=O) groups excluding carboxylic acids is 1. The Labute approximate surface area is 140 Å². The maximum atomic E-state index is 12.6. The molecule has 2 N–H and O–H groups in total. The van der Waals surface area contributed by atoms with Crippen molar-refractivity contribution in [1.82, 2.24) is 4.90 Å². The highest BCUT2D eigenvalue weighted by atomic mass is 35.5. The highest BCUT2D eigenvalue weighted by Gasteiger charge is 2.40. The van der Waals surface area contributed by atoms with Crippen molar-refractivity contribution < 1.29 is 4.79 Å². The van der Waals surface area contributed by atoms with Gasteiger partial charge < -0.3 is 10.6 Å². The van der Waals surface area contributed by atoms with Crippen LogP contribution in [0.3, 0.4) is 0 Å². The molecule has 1 aromatic rings. The molecule has 0 atom stereocenters. The van der Waals surface area contributed by atoms with Crippen molar-refractivity contribution in [2.45, 2.75) is 57.4 Å². The van der Waals surface area contributed by atoms with Gasteiger partial charge in [-0.1, -0.05) is 56.5 Å². The Hall–Kier alpha value is -1.06. The summed E-state index contributed by atoms with van der Waals surface area (Å²) in [7, 11) is 1.88. The molecule has 4 heteroatoms. The Morgan fingerprint density at radius 1 is 1.23 bits per heavy atom. The van der Waals surface area contributed by atoms with E-state index in [0.29, 0.717) is 6.54 Å². The van der Waals surface area contributed by atoms with Gasteiger partial charge in [0.1, 0.15) is 0 Å². The van der Waals surface area contributed by atoms with Gasteiger partial charge in [-0.15, -0.1) is 12.4 Å². The summed E-state index contributed by atoms with van der Waals surface area (Å²) in [4.78, 5) is 14.5. The predicted octanol–water partition coefficient (Wildman–Crippen LogP) is 3.42. The molecule has 0 unspecified atom stereocenters. The standard InChI is InChI=1S/C18H28N2O.ClH/c1-14-7-9-15(10-8-14)17(2,3)13-20(4)16(21)18(19)11-5-6-12-18;/h7-10H,5-6,11-13,19H2,1-4H3;1H. The molecule has 0 aromatic heterocycles. The third-order valence-corrected chi connectivity index (χ3v) is 4.73. The van der Waals surface area contributed by atoms with Crippen LogP contribution in [-0.4, -0.2) is 29.9 Å². The molecule has 1 saturated carbocycles. The summed E-state index contributed by atoms with van der Waals surface area (Å²) in [6.07, 6.45) is 3.77. The Morgan fingerprint density at radius 3 is 2.23 bits per heavy atom. The van der Waals surface area contributed by atoms with E-state index in [1.54, 1.807) is 0 Å². The largest absolute Gasteiger partial charge is 0.343 e. The molecule has 1 aliphatic carbocycles. The lowest BCUT2D eigenvalue weighted by molar-refractivity contribution is -0.136. The fourth-order valence-corrected chi connectivity index (χ4v) is 3.36. The number of halogens is 1. The summed E-state index contributed by atoms with van der Waals surface area (Å²) in [5, 5.41) is 0. The number of hydrogen-bond acceptors (Lipinski definition) is 2. The van der Waals surface area contributed by atoms with Gasteiger partial charge in [0.05, 0.1) is 5.54 Å². The Kier molecular flexibility index (Phi) is 6.05. The number of rotatable bonds is 4. The fourth-order valence-electron chi connectivity index (χ4n) is 3.36. The lowest BCUT2D eigenvalue weighted by Crippen LogP contribution is -2.54. The van der Waals surface area contributed by atoms with Crippen molar-refractivity contribution in [2.75, 3.05) is 13.6 Å². The minimum absolute atomic E-state index is 0. The van der Waals surface area contributed by atoms with E-state index in [1.807, 2.05) is 11.9 Å². The van der Waals surface area contributed by atoms with Crippen LogP contribution >= 0.6 is 12.4 Å². The first-order chi connectivity index (χ1) is 9.74. The summed E-state index contributed by atoms with van der Waals surface area (Å²) in [5.74, 6) is 0.0974. The third-order valence-electron chi connectivity index (χ3n) is 4.73. The highest BCUT2D eigenvalue weighted by Crippen LogP contribution is 2.30. The van der Waals surface area contributed by atoms with E-state index in [2.05, 4.69) is 45.0 Å². The van der Waals surface area contributed by atoms with Crippen molar-refractivity contribution in [3.63, 3.8) is 0 Å². The summed E-state index contributed by atoms with van der Waals surface area (Å²) >= 11 is 0. The quantitative estimate of drug-likeness (QED) is 0.922. The van der Waals surface area contributed by atoms with E-state index >= 15 is 0 Å². The number of nitrogens with two attached hydrogens (primary N) is 1. The molecule has 0 bridgehead atoms. The molecule has 0 radical (unpaired) electrons. The molecular weight excluding hydrogens is 296 g/mol. The van der Waals surface area contributed by atoms with Crippen LogP contribution in [0.4, 0.5) is 0 Å². The molecule has 0 spiro atoms. The molecule has 0 saturated heterocycles. The van der Waals surface area contributed by atoms with Crippen molar-refractivity contribution in [2.24, 2.45) is 5.73 Å². The van der Waals surface area contributed by atoms with Gasteiger partial charge in [-0.3, -0.25) is 4.79 Å². The second-order valence-corrected chi connectivity index (χ2v) is 7.27. The zero-order valence-corrected chi connectivity index (χ0v) is 15.0. The molecule has 3 nitrogen and oxygen atoms in total. The Bertz CT molecular complexity index is 504.